The first-order valence-electron chi connectivity index (χ1n) is 5.99. The van der Waals surface area contributed by atoms with E-state index < -0.39 is 0 Å². The van der Waals surface area contributed by atoms with E-state index in [1.807, 2.05) is 48.5 Å². The van der Waals surface area contributed by atoms with Gasteiger partial charge in [0.1, 0.15) is 6.07 Å². The van der Waals surface area contributed by atoms with Crippen LogP contribution in [-0.2, 0) is 0 Å². The van der Waals surface area contributed by atoms with Gasteiger partial charge in [-0.15, -0.1) is 0 Å². The monoisotopic (exact) mass is 296 g/mol. The molecule has 1 heterocycles. The smallest absolute Gasteiger partial charge is 0.102 e. The normalized spacial score (nSPS) is 10.4. The van der Waals surface area contributed by atoms with Gasteiger partial charge in [0.25, 0.3) is 0 Å². The molecular weight excluding hydrogens is 288 g/mol. The van der Waals surface area contributed by atoms with Gasteiger partial charge < -0.3 is 0 Å². The minimum Gasteiger partial charge on any atom is -0.255 e. The van der Waals surface area contributed by atoms with Crippen molar-refractivity contribution in [3.05, 3.63) is 65.3 Å². The standard InChI is InChI=1S/C16H9ClN2S/c17-12-5-7-13(8-6-12)20-16-11(9-18)10-19-15-4-2-1-3-14(15)16/h1-8,10H. The van der Waals surface area contributed by atoms with Crippen LogP contribution in [0.15, 0.2) is 64.5 Å². The number of aromatic nitrogens is 1. The Morgan fingerprint density at radius 3 is 2.55 bits per heavy atom. The summed E-state index contributed by atoms with van der Waals surface area (Å²) in [6.07, 6.45) is 1.63. The fourth-order valence-electron chi connectivity index (χ4n) is 1.93. The maximum Gasteiger partial charge on any atom is 0.102 e. The number of nitrogens with zero attached hydrogens (tertiary/aromatic N) is 2. The summed E-state index contributed by atoms with van der Waals surface area (Å²) in [4.78, 5) is 6.29. The minimum atomic E-state index is 0.587. The van der Waals surface area contributed by atoms with E-state index >= 15 is 0 Å². The Morgan fingerprint density at radius 1 is 1.05 bits per heavy atom. The van der Waals surface area contributed by atoms with E-state index in [1.165, 1.54) is 0 Å². The molecule has 0 saturated carbocycles. The van der Waals surface area contributed by atoms with E-state index in [0.717, 1.165) is 20.7 Å². The average Bonchev–Trinajstić information content (AvgIpc) is 2.50. The molecule has 0 unspecified atom stereocenters. The third-order valence-corrected chi connectivity index (χ3v) is 4.28. The predicted octanol–water partition coefficient (Wildman–Crippen LogP) is 4.91. The number of rotatable bonds is 2. The summed E-state index contributed by atoms with van der Waals surface area (Å²) in [6.45, 7) is 0. The number of halogens is 1. The molecule has 0 N–H and O–H groups in total. The molecule has 3 rings (SSSR count). The Bertz CT molecular complexity index is 807. The highest BCUT2D eigenvalue weighted by atomic mass is 35.5. The zero-order chi connectivity index (χ0) is 13.9. The molecule has 96 valence electrons. The van der Waals surface area contributed by atoms with Crippen LogP contribution in [0.1, 0.15) is 5.56 Å². The number of para-hydroxylation sites is 1. The zero-order valence-corrected chi connectivity index (χ0v) is 11.9. The van der Waals surface area contributed by atoms with Crippen LogP contribution in [0.2, 0.25) is 5.02 Å². The van der Waals surface area contributed by atoms with E-state index in [2.05, 4.69) is 11.1 Å². The molecule has 0 radical (unpaired) electrons. The first-order chi connectivity index (χ1) is 9.78. The van der Waals surface area contributed by atoms with Gasteiger partial charge in [-0.1, -0.05) is 41.6 Å². The summed E-state index contributed by atoms with van der Waals surface area (Å²) >= 11 is 7.45. The SMILES string of the molecule is N#Cc1cnc2ccccc2c1Sc1ccc(Cl)cc1. The van der Waals surface area contributed by atoms with Crippen LogP contribution >= 0.6 is 23.4 Å². The summed E-state index contributed by atoms with van der Waals surface area (Å²) in [5.74, 6) is 0. The van der Waals surface area contributed by atoms with E-state index in [1.54, 1.807) is 18.0 Å². The van der Waals surface area contributed by atoms with Crippen LogP contribution in [0, 0.1) is 11.3 Å². The molecule has 2 aromatic carbocycles. The van der Waals surface area contributed by atoms with Crippen molar-refractivity contribution in [2.45, 2.75) is 9.79 Å². The fraction of sp³-hybridized carbons (Fsp3) is 0. The van der Waals surface area contributed by atoms with Gasteiger partial charge >= 0.3 is 0 Å². The second-order valence-corrected chi connectivity index (χ2v) is 5.71. The van der Waals surface area contributed by atoms with Crippen LogP contribution in [0.5, 0.6) is 0 Å². The second kappa shape index (κ2) is 5.54. The fourth-order valence-corrected chi connectivity index (χ4v) is 3.05. The molecule has 20 heavy (non-hydrogen) atoms. The summed E-state index contributed by atoms with van der Waals surface area (Å²) in [5.41, 5.74) is 1.48. The molecular formula is C16H9ClN2S. The van der Waals surface area contributed by atoms with E-state index in [9.17, 15) is 5.26 Å². The summed E-state index contributed by atoms with van der Waals surface area (Å²) < 4.78 is 0. The molecule has 3 aromatic rings. The van der Waals surface area contributed by atoms with Gasteiger partial charge in [0.15, 0.2) is 0 Å². The second-order valence-electron chi connectivity index (χ2n) is 4.19. The van der Waals surface area contributed by atoms with Crippen molar-refractivity contribution >= 4 is 34.3 Å². The minimum absolute atomic E-state index is 0.587. The van der Waals surface area contributed by atoms with Crippen molar-refractivity contribution in [1.29, 1.82) is 5.26 Å². The highest BCUT2D eigenvalue weighted by molar-refractivity contribution is 7.99. The van der Waals surface area contributed by atoms with Gasteiger partial charge in [-0.25, -0.2) is 0 Å². The lowest BCUT2D eigenvalue weighted by Gasteiger charge is -2.08. The van der Waals surface area contributed by atoms with Gasteiger partial charge in [0.2, 0.25) is 0 Å². The van der Waals surface area contributed by atoms with Crippen molar-refractivity contribution in [3.63, 3.8) is 0 Å². The Kier molecular flexibility index (Phi) is 3.60. The average molecular weight is 297 g/mol. The Hall–Kier alpha value is -2.02. The third-order valence-electron chi connectivity index (χ3n) is 2.88. The number of pyridine rings is 1. The Labute approximate surface area is 126 Å². The van der Waals surface area contributed by atoms with Gasteiger partial charge in [-0.3, -0.25) is 4.98 Å². The molecule has 0 atom stereocenters. The molecule has 1 aromatic heterocycles. The van der Waals surface area contributed by atoms with Gasteiger partial charge in [0.05, 0.1) is 11.1 Å². The van der Waals surface area contributed by atoms with Crippen molar-refractivity contribution in [3.8, 4) is 6.07 Å². The number of hydrogen-bond acceptors (Lipinski definition) is 3. The largest absolute Gasteiger partial charge is 0.255 e. The molecule has 4 heteroatoms. The molecule has 0 bridgehead atoms. The van der Waals surface area contributed by atoms with E-state index in [0.29, 0.717) is 10.6 Å². The molecule has 0 aliphatic carbocycles. The van der Waals surface area contributed by atoms with Crippen molar-refractivity contribution in [1.82, 2.24) is 4.98 Å². The third kappa shape index (κ3) is 2.49. The first-order valence-corrected chi connectivity index (χ1v) is 7.18. The summed E-state index contributed by atoms with van der Waals surface area (Å²) in [7, 11) is 0. The van der Waals surface area contributed by atoms with Gasteiger partial charge in [-0.05, 0) is 30.3 Å². The predicted molar refractivity (Wildman–Crippen MR) is 82.0 cm³/mol. The van der Waals surface area contributed by atoms with Crippen LogP contribution < -0.4 is 0 Å². The van der Waals surface area contributed by atoms with Crippen LogP contribution in [0.4, 0.5) is 0 Å². The topological polar surface area (TPSA) is 36.7 Å². The van der Waals surface area contributed by atoms with Crippen LogP contribution in [0.25, 0.3) is 10.9 Å². The highest BCUT2D eigenvalue weighted by Gasteiger charge is 2.10. The van der Waals surface area contributed by atoms with Crippen LogP contribution in [-0.4, -0.2) is 4.98 Å². The molecule has 0 aliphatic rings. The summed E-state index contributed by atoms with van der Waals surface area (Å²) in [6, 6.07) is 17.6. The lowest BCUT2D eigenvalue weighted by Crippen LogP contribution is -1.88. The van der Waals surface area contributed by atoms with Crippen LogP contribution in [0.3, 0.4) is 0 Å². The number of hydrogen-bond donors (Lipinski definition) is 0. The molecule has 0 spiro atoms. The number of fused-ring (bicyclic) bond motifs is 1. The Balaban J connectivity index is 2.14. The zero-order valence-electron chi connectivity index (χ0n) is 10.4. The highest BCUT2D eigenvalue weighted by Crippen LogP contribution is 2.35. The maximum atomic E-state index is 9.28. The lowest BCUT2D eigenvalue weighted by atomic mass is 10.2. The molecule has 0 amide bonds. The van der Waals surface area contributed by atoms with E-state index in [4.69, 9.17) is 11.6 Å². The molecule has 0 aliphatic heterocycles. The lowest BCUT2D eigenvalue weighted by molar-refractivity contribution is 1.30. The summed E-state index contributed by atoms with van der Waals surface area (Å²) in [5, 5.41) is 11.0. The molecule has 0 saturated heterocycles. The number of nitriles is 1. The molecule has 0 fully saturated rings. The van der Waals surface area contributed by atoms with Gasteiger partial charge in [0, 0.05) is 26.4 Å². The maximum absolute atomic E-state index is 9.28. The van der Waals surface area contributed by atoms with Gasteiger partial charge in [-0.2, -0.15) is 5.26 Å². The van der Waals surface area contributed by atoms with Crippen molar-refractivity contribution in [2.75, 3.05) is 0 Å². The molecule has 2 nitrogen and oxygen atoms in total. The van der Waals surface area contributed by atoms with Crippen molar-refractivity contribution in [2.24, 2.45) is 0 Å². The Morgan fingerprint density at radius 2 is 1.80 bits per heavy atom. The number of benzene rings is 2. The quantitative estimate of drug-likeness (QED) is 0.674. The van der Waals surface area contributed by atoms with E-state index in [-0.39, 0.29) is 0 Å². The van der Waals surface area contributed by atoms with Crippen molar-refractivity contribution < 1.29 is 0 Å². The first kappa shape index (κ1) is 13.0.